The van der Waals surface area contributed by atoms with E-state index in [2.05, 4.69) is 15.5 Å². The number of aromatic nitrogens is 2. The van der Waals surface area contributed by atoms with Crippen LogP contribution in [0.25, 0.3) is 11.5 Å². The number of carbonyl (C=O) groups excluding carboxylic acids is 1. The molecular formula is C19H18ClN3O2S. The van der Waals surface area contributed by atoms with Crippen LogP contribution in [0.1, 0.15) is 11.1 Å². The van der Waals surface area contributed by atoms with Crippen LogP contribution in [0.3, 0.4) is 0 Å². The number of carbonyl (C=O) groups is 1. The lowest BCUT2D eigenvalue weighted by molar-refractivity contribution is -0.118. The summed E-state index contributed by atoms with van der Waals surface area (Å²) >= 11 is 7.17. The lowest BCUT2D eigenvalue weighted by Crippen LogP contribution is -2.27. The van der Waals surface area contributed by atoms with Crippen LogP contribution in [-0.4, -0.2) is 28.4 Å². The normalized spacial score (nSPS) is 10.7. The van der Waals surface area contributed by atoms with E-state index in [4.69, 9.17) is 16.0 Å². The molecule has 0 fully saturated rings. The summed E-state index contributed by atoms with van der Waals surface area (Å²) in [4.78, 5) is 11.9. The summed E-state index contributed by atoms with van der Waals surface area (Å²) in [7, 11) is 0. The lowest BCUT2D eigenvalue weighted by Gasteiger charge is -2.04. The number of halogens is 1. The Labute approximate surface area is 161 Å². The summed E-state index contributed by atoms with van der Waals surface area (Å²) in [6, 6.07) is 15.4. The average molecular weight is 388 g/mol. The van der Waals surface area contributed by atoms with Gasteiger partial charge in [-0.25, -0.2) is 0 Å². The summed E-state index contributed by atoms with van der Waals surface area (Å²) in [5.41, 5.74) is 3.08. The molecule has 3 aromatic rings. The van der Waals surface area contributed by atoms with Crippen molar-refractivity contribution >= 4 is 29.3 Å². The molecule has 5 nitrogen and oxygen atoms in total. The molecule has 0 unspecified atom stereocenters. The van der Waals surface area contributed by atoms with E-state index < -0.39 is 0 Å². The van der Waals surface area contributed by atoms with Gasteiger partial charge in [0.15, 0.2) is 0 Å². The second-order valence-electron chi connectivity index (χ2n) is 5.76. The Morgan fingerprint density at radius 3 is 2.85 bits per heavy atom. The van der Waals surface area contributed by atoms with E-state index >= 15 is 0 Å². The molecule has 0 saturated carbocycles. The standard InChI is InChI=1S/C19H18ClN3O2S/c1-13-4-2-6-15(10-13)18-22-23-19(25-18)26-12-17(24)21-9-8-14-5-3-7-16(20)11-14/h2-7,10-11H,8-9,12H2,1H3,(H,21,24). The summed E-state index contributed by atoms with van der Waals surface area (Å²) < 4.78 is 5.61. The molecule has 2 aromatic carbocycles. The third kappa shape index (κ3) is 5.34. The van der Waals surface area contributed by atoms with Gasteiger partial charge in [0, 0.05) is 17.1 Å². The van der Waals surface area contributed by atoms with E-state index in [0.717, 1.165) is 23.1 Å². The Morgan fingerprint density at radius 2 is 2.04 bits per heavy atom. The average Bonchev–Trinajstić information content (AvgIpc) is 3.09. The van der Waals surface area contributed by atoms with Crippen molar-refractivity contribution in [1.29, 1.82) is 0 Å². The van der Waals surface area contributed by atoms with Gasteiger partial charge < -0.3 is 9.73 Å². The minimum atomic E-state index is -0.0765. The number of hydrogen-bond acceptors (Lipinski definition) is 5. The van der Waals surface area contributed by atoms with E-state index in [0.29, 0.717) is 22.7 Å². The molecule has 1 amide bonds. The predicted molar refractivity (Wildman–Crippen MR) is 103 cm³/mol. The van der Waals surface area contributed by atoms with E-state index in [1.54, 1.807) is 0 Å². The number of rotatable bonds is 7. The number of nitrogens with zero attached hydrogens (tertiary/aromatic N) is 2. The van der Waals surface area contributed by atoms with E-state index in [9.17, 15) is 4.79 Å². The van der Waals surface area contributed by atoms with Crippen molar-refractivity contribution in [2.24, 2.45) is 0 Å². The maximum absolute atomic E-state index is 11.9. The van der Waals surface area contributed by atoms with Gasteiger partial charge in [0.1, 0.15) is 0 Å². The molecule has 1 heterocycles. The molecule has 0 aliphatic heterocycles. The summed E-state index contributed by atoms with van der Waals surface area (Å²) in [6.07, 6.45) is 0.731. The van der Waals surface area contributed by atoms with Gasteiger partial charge >= 0.3 is 0 Å². The monoisotopic (exact) mass is 387 g/mol. The molecule has 26 heavy (non-hydrogen) atoms. The Morgan fingerprint density at radius 1 is 1.19 bits per heavy atom. The number of benzene rings is 2. The van der Waals surface area contributed by atoms with E-state index in [1.807, 2.05) is 55.5 Å². The first-order valence-corrected chi connectivity index (χ1v) is 9.51. The number of nitrogens with one attached hydrogen (secondary N) is 1. The van der Waals surface area contributed by atoms with Crippen LogP contribution in [0, 0.1) is 6.92 Å². The smallest absolute Gasteiger partial charge is 0.277 e. The van der Waals surface area contributed by atoms with Crippen LogP contribution in [-0.2, 0) is 11.2 Å². The minimum Gasteiger partial charge on any atom is -0.411 e. The van der Waals surface area contributed by atoms with Crippen LogP contribution in [0.4, 0.5) is 0 Å². The predicted octanol–water partition coefficient (Wildman–Crippen LogP) is 4.15. The zero-order chi connectivity index (χ0) is 18.4. The van der Waals surface area contributed by atoms with Gasteiger partial charge in [-0.2, -0.15) is 0 Å². The van der Waals surface area contributed by atoms with Crippen LogP contribution in [0.15, 0.2) is 58.2 Å². The zero-order valence-corrected chi connectivity index (χ0v) is 15.8. The molecule has 0 atom stereocenters. The molecule has 134 valence electrons. The van der Waals surface area contributed by atoms with Gasteiger partial charge in [0.05, 0.1) is 5.75 Å². The molecule has 7 heteroatoms. The highest BCUT2D eigenvalue weighted by Gasteiger charge is 2.11. The summed E-state index contributed by atoms with van der Waals surface area (Å²) in [5.74, 6) is 0.607. The molecule has 0 saturated heterocycles. The van der Waals surface area contributed by atoms with Crippen molar-refractivity contribution in [1.82, 2.24) is 15.5 Å². The minimum absolute atomic E-state index is 0.0765. The molecule has 0 spiro atoms. The highest BCUT2D eigenvalue weighted by Crippen LogP contribution is 2.23. The fourth-order valence-corrected chi connectivity index (χ4v) is 3.19. The van der Waals surface area contributed by atoms with Crippen LogP contribution in [0.2, 0.25) is 5.02 Å². The third-order valence-corrected chi connectivity index (χ3v) is 4.68. The molecule has 3 rings (SSSR count). The van der Waals surface area contributed by atoms with Crippen molar-refractivity contribution in [2.75, 3.05) is 12.3 Å². The molecule has 1 aromatic heterocycles. The maximum Gasteiger partial charge on any atom is 0.277 e. The van der Waals surface area contributed by atoms with E-state index in [-0.39, 0.29) is 11.7 Å². The number of thioether (sulfide) groups is 1. The Balaban J connectivity index is 1.45. The van der Waals surface area contributed by atoms with Crippen LogP contribution < -0.4 is 5.32 Å². The first-order chi connectivity index (χ1) is 12.6. The van der Waals surface area contributed by atoms with Gasteiger partial charge in [-0.05, 0) is 43.2 Å². The third-order valence-electron chi connectivity index (χ3n) is 3.62. The first kappa shape index (κ1) is 18.5. The number of hydrogen-bond donors (Lipinski definition) is 1. The first-order valence-electron chi connectivity index (χ1n) is 8.14. The second-order valence-corrected chi connectivity index (χ2v) is 7.12. The van der Waals surface area contributed by atoms with Crippen molar-refractivity contribution in [3.8, 4) is 11.5 Å². The van der Waals surface area contributed by atoms with Crippen LogP contribution >= 0.6 is 23.4 Å². The van der Waals surface area contributed by atoms with Gasteiger partial charge in [0.2, 0.25) is 11.8 Å². The Kier molecular flexibility index (Phi) is 6.30. The summed E-state index contributed by atoms with van der Waals surface area (Å²) in [5, 5.41) is 12.0. The van der Waals surface area contributed by atoms with Crippen molar-refractivity contribution in [3.05, 3.63) is 64.7 Å². The van der Waals surface area contributed by atoms with Gasteiger partial charge in [-0.3, -0.25) is 4.79 Å². The van der Waals surface area contributed by atoms with Gasteiger partial charge in [0.25, 0.3) is 5.22 Å². The highest BCUT2D eigenvalue weighted by molar-refractivity contribution is 7.99. The SMILES string of the molecule is Cc1cccc(-c2nnc(SCC(=O)NCCc3cccc(Cl)c3)o2)c1. The molecule has 0 aliphatic rings. The largest absolute Gasteiger partial charge is 0.411 e. The lowest BCUT2D eigenvalue weighted by atomic mass is 10.1. The van der Waals surface area contributed by atoms with Gasteiger partial charge in [-0.15, -0.1) is 10.2 Å². The zero-order valence-electron chi connectivity index (χ0n) is 14.2. The van der Waals surface area contributed by atoms with Crippen molar-refractivity contribution < 1.29 is 9.21 Å². The van der Waals surface area contributed by atoms with Crippen molar-refractivity contribution in [2.45, 2.75) is 18.6 Å². The quantitative estimate of drug-likeness (QED) is 0.617. The topological polar surface area (TPSA) is 68.0 Å². The molecule has 1 N–H and O–H groups in total. The van der Waals surface area contributed by atoms with Crippen LogP contribution in [0.5, 0.6) is 0 Å². The maximum atomic E-state index is 11.9. The fraction of sp³-hybridized carbons (Fsp3) is 0.211. The molecular weight excluding hydrogens is 370 g/mol. The van der Waals surface area contributed by atoms with Crippen molar-refractivity contribution in [3.63, 3.8) is 0 Å². The Bertz CT molecular complexity index is 898. The molecule has 0 aliphatic carbocycles. The molecule has 0 bridgehead atoms. The summed E-state index contributed by atoms with van der Waals surface area (Å²) in [6.45, 7) is 2.56. The fourth-order valence-electron chi connectivity index (χ4n) is 2.38. The van der Waals surface area contributed by atoms with Gasteiger partial charge in [-0.1, -0.05) is 53.2 Å². The number of amides is 1. The van der Waals surface area contributed by atoms with E-state index in [1.165, 1.54) is 11.8 Å². The Hall–Kier alpha value is -2.31. The highest BCUT2D eigenvalue weighted by atomic mass is 35.5. The second kappa shape index (κ2) is 8.87. The number of aryl methyl sites for hydroxylation is 1. The molecule has 0 radical (unpaired) electrons.